The summed E-state index contributed by atoms with van der Waals surface area (Å²) in [5.74, 6) is 0.859. The molecular formula is C13H18N2OS. The van der Waals surface area contributed by atoms with Crippen molar-refractivity contribution in [1.82, 2.24) is 4.98 Å². The molecule has 0 aliphatic rings. The highest BCUT2D eigenvalue weighted by atomic mass is 32.1. The van der Waals surface area contributed by atoms with Gasteiger partial charge in [0.15, 0.2) is 0 Å². The highest BCUT2D eigenvalue weighted by Crippen LogP contribution is 2.25. The molecule has 0 saturated heterocycles. The van der Waals surface area contributed by atoms with E-state index in [0.717, 1.165) is 28.4 Å². The average molecular weight is 250 g/mol. The number of nitrogens with two attached hydrogens (primary N) is 1. The maximum Gasteiger partial charge on any atom is 0.120 e. The van der Waals surface area contributed by atoms with Crippen molar-refractivity contribution in [2.24, 2.45) is 5.73 Å². The highest BCUT2D eigenvalue weighted by Gasteiger charge is 2.18. The van der Waals surface area contributed by atoms with Crippen LogP contribution in [0.3, 0.4) is 0 Å². The van der Waals surface area contributed by atoms with Crippen molar-refractivity contribution in [3.05, 3.63) is 39.7 Å². The molecule has 0 amide bonds. The predicted molar refractivity (Wildman–Crippen MR) is 70.2 cm³/mol. The lowest BCUT2D eigenvalue weighted by atomic mass is 9.93. The van der Waals surface area contributed by atoms with Gasteiger partial charge >= 0.3 is 0 Å². The summed E-state index contributed by atoms with van der Waals surface area (Å²) in [4.78, 5) is 4.67. The van der Waals surface area contributed by atoms with Crippen LogP contribution in [0.5, 0.6) is 0 Å². The van der Waals surface area contributed by atoms with Crippen LogP contribution >= 0.6 is 11.3 Å². The monoisotopic (exact) mass is 250 g/mol. The van der Waals surface area contributed by atoms with Gasteiger partial charge in [0.2, 0.25) is 0 Å². The second-order valence-corrected chi connectivity index (χ2v) is 6.07. The molecule has 2 N–H and O–H groups in total. The van der Waals surface area contributed by atoms with Gasteiger partial charge in [-0.3, -0.25) is 0 Å². The molecule has 0 bridgehead atoms. The standard InChI is InChI=1S/C13H18N2OS/c1-13(2,3)11-8-17-12(15-11)6-9-4-5-16-10(9)7-14/h4-5,8H,6-7,14H2,1-3H3. The zero-order valence-electron chi connectivity index (χ0n) is 10.5. The number of furan rings is 1. The fourth-order valence-corrected chi connectivity index (χ4v) is 2.65. The van der Waals surface area contributed by atoms with Crippen molar-refractivity contribution in [3.63, 3.8) is 0 Å². The zero-order chi connectivity index (χ0) is 12.5. The lowest BCUT2D eigenvalue weighted by Crippen LogP contribution is -2.11. The van der Waals surface area contributed by atoms with Gasteiger partial charge in [0.05, 0.1) is 23.5 Å². The van der Waals surface area contributed by atoms with Crippen molar-refractivity contribution in [1.29, 1.82) is 0 Å². The van der Waals surface area contributed by atoms with Crippen molar-refractivity contribution < 1.29 is 4.42 Å². The summed E-state index contributed by atoms with van der Waals surface area (Å²) >= 11 is 1.70. The predicted octanol–water partition coefficient (Wildman–Crippen LogP) is 3.08. The largest absolute Gasteiger partial charge is 0.468 e. The summed E-state index contributed by atoms with van der Waals surface area (Å²) in [6.07, 6.45) is 2.50. The second-order valence-electron chi connectivity index (χ2n) is 5.13. The van der Waals surface area contributed by atoms with Crippen LogP contribution in [0.25, 0.3) is 0 Å². The Bertz CT molecular complexity index is 493. The van der Waals surface area contributed by atoms with Gasteiger partial charge in [0.25, 0.3) is 0 Å². The van der Waals surface area contributed by atoms with Gasteiger partial charge in [0.1, 0.15) is 5.76 Å². The maximum atomic E-state index is 5.61. The Morgan fingerprint density at radius 2 is 2.18 bits per heavy atom. The molecule has 3 nitrogen and oxygen atoms in total. The van der Waals surface area contributed by atoms with Gasteiger partial charge in [-0.2, -0.15) is 0 Å². The van der Waals surface area contributed by atoms with Crippen LogP contribution in [-0.4, -0.2) is 4.98 Å². The minimum Gasteiger partial charge on any atom is -0.468 e. The summed E-state index contributed by atoms with van der Waals surface area (Å²) in [5, 5.41) is 3.25. The average Bonchev–Trinajstić information content (AvgIpc) is 2.86. The minimum atomic E-state index is 0.113. The molecule has 0 aromatic carbocycles. The fourth-order valence-electron chi connectivity index (χ4n) is 1.60. The molecule has 0 unspecified atom stereocenters. The van der Waals surface area contributed by atoms with Crippen LogP contribution in [0, 0.1) is 0 Å². The summed E-state index contributed by atoms with van der Waals surface area (Å²) in [6.45, 7) is 6.97. The highest BCUT2D eigenvalue weighted by molar-refractivity contribution is 7.09. The van der Waals surface area contributed by atoms with E-state index in [1.54, 1.807) is 17.6 Å². The van der Waals surface area contributed by atoms with Crippen molar-refractivity contribution in [2.75, 3.05) is 0 Å². The van der Waals surface area contributed by atoms with Crippen LogP contribution < -0.4 is 5.73 Å². The third kappa shape index (κ3) is 2.76. The van der Waals surface area contributed by atoms with Crippen LogP contribution in [0.1, 0.15) is 42.8 Å². The normalized spacial score (nSPS) is 12.0. The zero-order valence-corrected chi connectivity index (χ0v) is 11.3. The second kappa shape index (κ2) is 4.63. The maximum absolute atomic E-state index is 5.61. The van der Waals surface area contributed by atoms with E-state index in [-0.39, 0.29) is 5.41 Å². The number of hydrogen-bond acceptors (Lipinski definition) is 4. The van der Waals surface area contributed by atoms with Gasteiger partial charge in [-0.15, -0.1) is 11.3 Å². The molecule has 0 aliphatic carbocycles. The first-order valence-electron chi connectivity index (χ1n) is 5.71. The van der Waals surface area contributed by atoms with Crippen molar-refractivity contribution in [2.45, 2.75) is 39.2 Å². The summed E-state index contributed by atoms with van der Waals surface area (Å²) < 4.78 is 5.31. The molecule has 0 saturated carbocycles. The van der Waals surface area contributed by atoms with E-state index in [9.17, 15) is 0 Å². The van der Waals surface area contributed by atoms with Gasteiger partial charge in [-0.1, -0.05) is 20.8 Å². The van der Waals surface area contributed by atoms with Crippen LogP contribution in [0.15, 0.2) is 22.1 Å². The van der Waals surface area contributed by atoms with E-state index in [1.165, 1.54) is 0 Å². The molecule has 0 radical (unpaired) electrons. The Morgan fingerprint density at radius 1 is 1.41 bits per heavy atom. The molecule has 0 spiro atoms. The first-order valence-corrected chi connectivity index (χ1v) is 6.59. The Balaban J connectivity index is 2.17. The van der Waals surface area contributed by atoms with E-state index >= 15 is 0 Å². The summed E-state index contributed by atoms with van der Waals surface area (Å²) in [7, 11) is 0. The van der Waals surface area contributed by atoms with Crippen LogP contribution in [0.2, 0.25) is 0 Å². The van der Waals surface area contributed by atoms with E-state index < -0.39 is 0 Å². The first-order chi connectivity index (χ1) is 8.00. The molecule has 0 atom stereocenters. The fraction of sp³-hybridized carbons (Fsp3) is 0.462. The number of rotatable bonds is 3. The smallest absolute Gasteiger partial charge is 0.120 e. The number of hydrogen-bond donors (Lipinski definition) is 1. The minimum absolute atomic E-state index is 0.113. The Kier molecular flexibility index (Phi) is 3.35. The van der Waals surface area contributed by atoms with Gasteiger partial charge < -0.3 is 10.2 Å². The summed E-state index contributed by atoms with van der Waals surface area (Å²) in [6, 6.07) is 1.97. The molecule has 2 aromatic rings. The molecule has 4 heteroatoms. The van der Waals surface area contributed by atoms with Crippen LogP contribution in [-0.2, 0) is 18.4 Å². The third-order valence-electron chi connectivity index (χ3n) is 2.68. The molecule has 17 heavy (non-hydrogen) atoms. The van der Waals surface area contributed by atoms with E-state index in [4.69, 9.17) is 10.2 Å². The van der Waals surface area contributed by atoms with E-state index in [0.29, 0.717) is 6.54 Å². The lowest BCUT2D eigenvalue weighted by Gasteiger charge is -2.14. The number of nitrogens with zero attached hydrogens (tertiary/aromatic N) is 1. The number of aromatic nitrogens is 1. The number of thiazole rings is 1. The molecule has 92 valence electrons. The Morgan fingerprint density at radius 3 is 2.76 bits per heavy atom. The molecular weight excluding hydrogens is 232 g/mol. The van der Waals surface area contributed by atoms with Gasteiger partial charge in [0, 0.05) is 22.8 Å². The van der Waals surface area contributed by atoms with Crippen LogP contribution in [0.4, 0.5) is 0 Å². The van der Waals surface area contributed by atoms with E-state index in [2.05, 4.69) is 31.1 Å². The topological polar surface area (TPSA) is 52.0 Å². The van der Waals surface area contributed by atoms with Crippen molar-refractivity contribution in [3.8, 4) is 0 Å². The molecule has 0 aliphatic heterocycles. The molecule has 2 aromatic heterocycles. The SMILES string of the molecule is CC(C)(C)c1csc(Cc2ccoc2CN)n1. The van der Waals surface area contributed by atoms with E-state index in [1.807, 2.05) is 6.07 Å². The Hall–Kier alpha value is -1.13. The van der Waals surface area contributed by atoms with Gasteiger partial charge in [-0.25, -0.2) is 4.98 Å². The molecule has 0 fully saturated rings. The molecule has 2 rings (SSSR count). The molecule has 2 heterocycles. The van der Waals surface area contributed by atoms with Gasteiger partial charge in [-0.05, 0) is 6.07 Å². The van der Waals surface area contributed by atoms with Crippen molar-refractivity contribution >= 4 is 11.3 Å². The third-order valence-corrected chi connectivity index (χ3v) is 3.53. The lowest BCUT2D eigenvalue weighted by molar-refractivity contribution is 0.508. The first kappa shape index (κ1) is 12.3. The Labute approximate surface area is 106 Å². The quantitative estimate of drug-likeness (QED) is 0.910. The summed E-state index contributed by atoms with van der Waals surface area (Å²) in [5.41, 5.74) is 8.01.